The molecule has 0 aromatic heterocycles. The standard InChI is InChI=1S/C18H16Cl2N2O2S2/c19-13-6-14(20)8-15(7-13)22-17-11-26(23,24)10-16(17)21-18(22)25-9-12-4-2-1-3-5-12/h1-8,16-17H,9-11H2/t16-,17-/m0/s1. The Morgan fingerprint density at radius 1 is 1.08 bits per heavy atom. The van der Waals surface area contributed by atoms with Gasteiger partial charge in [-0.25, -0.2) is 8.42 Å². The fourth-order valence-electron chi connectivity index (χ4n) is 3.34. The number of benzene rings is 2. The zero-order valence-electron chi connectivity index (χ0n) is 13.7. The minimum Gasteiger partial charge on any atom is -0.315 e. The van der Waals surface area contributed by atoms with Crippen molar-refractivity contribution in [2.45, 2.75) is 17.8 Å². The Hall–Kier alpha value is -1.21. The summed E-state index contributed by atoms with van der Waals surface area (Å²) in [6, 6.07) is 15.0. The Morgan fingerprint density at radius 2 is 1.77 bits per heavy atom. The molecular weight excluding hydrogens is 411 g/mol. The molecule has 2 aromatic carbocycles. The third-order valence-corrected chi connectivity index (χ3v) is 7.62. The average molecular weight is 427 g/mol. The van der Waals surface area contributed by atoms with Gasteiger partial charge in [-0.05, 0) is 23.8 Å². The SMILES string of the molecule is O=S1(=O)C[C@@H]2N=C(SCc3ccccc3)N(c3cc(Cl)cc(Cl)c3)[C@H]2C1. The smallest absolute Gasteiger partial charge is 0.164 e. The highest BCUT2D eigenvalue weighted by atomic mass is 35.5. The van der Waals surface area contributed by atoms with Crippen LogP contribution < -0.4 is 4.90 Å². The molecule has 4 rings (SSSR count). The van der Waals surface area contributed by atoms with Gasteiger partial charge in [0, 0.05) is 21.5 Å². The highest BCUT2D eigenvalue weighted by Crippen LogP contribution is 2.37. The summed E-state index contributed by atoms with van der Waals surface area (Å²) in [5, 5.41) is 1.85. The predicted octanol–water partition coefficient (Wildman–Crippen LogP) is 4.27. The molecule has 0 spiro atoms. The quantitative estimate of drug-likeness (QED) is 0.734. The largest absolute Gasteiger partial charge is 0.315 e. The minimum absolute atomic E-state index is 0.0951. The van der Waals surface area contributed by atoms with Crippen LogP contribution in [0.1, 0.15) is 5.56 Å². The summed E-state index contributed by atoms with van der Waals surface area (Å²) in [6.45, 7) is 0. The number of anilines is 1. The number of thioether (sulfide) groups is 1. The molecule has 8 heteroatoms. The number of nitrogens with zero attached hydrogens (tertiary/aromatic N) is 2. The first kappa shape index (κ1) is 18.2. The van der Waals surface area contributed by atoms with Crippen LogP contribution in [0.15, 0.2) is 53.5 Å². The summed E-state index contributed by atoms with van der Waals surface area (Å²) in [5.74, 6) is 0.954. The van der Waals surface area contributed by atoms with Gasteiger partial charge in [0.15, 0.2) is 15.0 Å². The molecule has 2 aliphatic rings. The molecule has 4 nitrogen and oxygen atoms in total. The summed E-state index contributed by atoms with van der Waals surface area (Å²) in [4.78, 5) is 6.70. The molecule has 0 aliphatic carbocycles. The minimum atomic E-state index is -3.08. The molecule has 0 bridgehead atoms. The number of rotatable bonds is 3. The van der Waals surface area contributed by atoms with Crippen LogP contribution in [0.4, 0.5) is 5.69 Å². The van der Waals surface area contributed by atoms with Gasteiger partial charge in [-0.15, -0.1) is 0 Å². The van der Waals surface area contributed by atoms with E-state index < -0.39 is 9.84 Å². The molecule has 0 N–H and O–H groups in total. The van der Waals surface area contributed by atoms with Crippen molar-refractivity contribution < 1.29 is 8.42 Å². The van der Waals surface area contributed by atoms with Gasteiger partial charge in [0.2, 0.25) is 0 Å². The molecule has 0 unspecified atom stereocenters. The Labute approximate surface area is 167 Å². The van der Waals surface area contributed by atoms with Gasteiger partial charge in [0.25, 0.3) is 0 Å². The Morgan fingerprint density at radius 3 is 2.46 bits per heavy atom. The van der Waals surface area contributed by atoms with E-state index in [1.54, 1.807) is 30.0 Å². The number of hydrogen-bond acceptors (Lipinski definition) is 5. The molecule has 0 radical (unpaired) electrons. The van der Waals surface area contributed by atoms with Crippen molar-refractivity contribution in [1.29, 1.82) is 0 Å². The molecule has 2 heterocycles. The van der Waals surface area contributed by atoms with Crippen LogP contribution in [0.2, 0.25) is 10.0 Å². The monoisotopic (exact) mass is 426 g/mol. The number of fused-ring (bicyclic) bond motifs is 1. The molecule has 0 amide bonds. The summed E-state index contributed by atoms with van der Waals surface area (Å²) in [7, 11) is -3.08. The van der Waals surface area contributed by atoms with E-state index >= 15 is 0 Å². The highest BCUT2D eigenvalue weighted by Gasteiger charge is 2.47. The van der Waals surface area contributed by atoms with Gasteiger partial charge in [0.05, 0.1) is 23.6 Å². The lowest BCUT2D eigenvalue weighted by Gasteiger charge is -2.27. The van der Waals surface area contributed by atoms with Gasteiger partial charge in [-0.2, -0.15) is 0 Å². The molecule has 136 valence electrons. The summed E-state index contributed by atoms with van der Waals surface area (Å²) in [5.41, 5.74) is 1.97. The van der Waals surface area contributed by atoms with Crippen LogP contribution in [0.25, 0.3) is 0 Å². The van der Waals surface area contributed by atoms with Crippen molar-refractivity contribution in [3.8, 4) is 0 Å². The van der Waals surface area contributed by atoms with E-state index in [1.165, 1.54) is 5.56 Å². The van der Waals surface area contributed by atoms with Crippen LogP contribution in [-0.2, 0) is 15.6 Å². The normalized spacial score (nSPS) is 23.8. The fourth-order valence-corrected chi connectivity index (χ4v) is 6.77. The highest BCUT2D eigenvalue weighted by molar-refractivity contribution is 8.13. The van der Waals surface area contributed by atoms with Crippen molar-refractivity contribution in [3.63, 3.8) is 0 Å². The second kappa shape index (κ2) is 7.08. The number of sulfone groups is 1. The molecular formula is C18H16Cl2N2O2S2. The molecule has 1 fully saturated rings. The molecule has 1 saturated heterocycles. The second-order valence-electron chi connectivity index (χ2n) is 6.40. The van der Waals surface area contributed by atoms with E-state index in [-0.39, 0.29) is 23.6 Å². The number of aliphatic imine (C=N–C) groups is 1. The maximum Gasteiger partial charge on any atom is 0.164 e. The van der Waals surface area contributed by atoms with Gasteiger partial charge in [0.1, 0.15) is 0 Å². The first-order valence-electron chi connectivity index (χ1n) is 8.11. The van der Waals surface area contributed by atoms with Crippen molar-refractivity contribution in [1.82, 2.24) is 0 Å². The number of halogens is 2. The van der Waals surface area contributed by atoms with Crippen LogP contribution >= 0.6 is 35.0 Å². The van der Waals surface area contributed by atoms with E-state index in [2.05, 4.69) is 12.1 Å². The number of amidine groups is 1. The Balaban J connectivity index is 1.66. The second-order valence-corrected chi connectivity index (χ2v) is 10.4. The lowest BCUT2D eigenvalue weighted by atomic mass is 10.1. The van der Waals surface area contributed by atoms with Crippen molar-refractivity contribution in [2.75, 3.05) is 16.4 Å². The first-order valence-corrected chi connectivity index (χ1v) is 11.7. The summed E-state index contributed by atoms with van der Waals surface area (Å²) < 4.78 is 24.2. The van der Waals surface area contributed by atoms with Crippen molar-refractivity contribution in [3.05, 3.63) is 64.1 Å². The molecule has 26 heavy (non-hydrogen) atoms. The van der Waals surface area contributed by atoms with Crippen molar-refractivity contribution in [2.24, 2.45) is 4.99 Å². The predicted molar refractivity (Wildman–Crippen MR) is 110 cm³/mol. The maximum atomic E-state index is 12.1. The summed E-state index contributed by atoms with van der Waals surface area (Å²) in [6.07, 6.45) is 0. The van der Waals surface area contributed by atoms with Gasteiger partial charge < -0.3 is 4.90 Å². The van der Waals surface area contributed by atoms with Gasteiger partial charge in [-0.3, -0.25) is 4.99 Å². The Bertz CT molecular complexity index is 944. The van der Waals surface area contributed by atoms with E-state index in [0.29, 0.717) is 10.0 Å². The topological polar surface area (TPSA) is 49.7 Å². The van der Waals surface area contributed by atoms with Crippen LogP contribution in [0.5, 0.6) is 0 Å². The first-order chi connectivity index (χ1) is 12.4. The summed E-state index contributed by atoms with van der Waals surface area (Å²) >= 11 is 13.9. The zero-order chi connectivity index (χ0) is 18.3. The third-order valence-electron chi connectivity index (χ3n) is 4.44. The molecule has 2 aromatic rings. The van der Waals surface area contributed by atoms with Crippen LogP contribution in [0.3, 0.4) is 0 Å². The van der Waals surface area contributed by atoms with E-state index in [9.17, 15) is 8.42 Å². The van der Waals surface area contributed by atoms with Crippen LogP contribution in [-0.4, -0.2) is 37.2 Å². The third kappa shape index (κ3) is 3.74. The zero-order valence-corrected chi connectivity index (χ0v) is 16.8. The van der Waals surface area contributed by atoms with E-state index in [4.69, 9.17) is 28.2 Å². The average Bonchev–Trinajstić information content (AvgIpc) is 3.04. The fraction of sp³-hybridized carbons (Fsp3) is 0.278. The lowest BCUT2D eigenvalue weighted by Crippen LogP contribution is -2.39. The van der Waals surface area contributed by atoms with Crippen molar-refractivity contribution >= 4 is 55.7 Å². The van der Waals surface area contributed by atoms with Gasteiger partial charge in [-0.1, -0.05) is 65.3 Å². The van der Waals surface area contributed by atoms with E-state index in [1.807, 2.05) is 23.1 Å². The molecule has 0 saturated carbocycles. The number of hydrogen-bond donors (Lipinski definition) is 0. The maximum absolute atomic E-state index is 12.1. The molecule has 2 aliphatic heterocycles. The lowest BCUT2D eigenvalue weighted by molar-refractivity contribution is 0.601. The van der Waals surface area contributed by atoms with Gasteiger partial charge >= 0.3 is 0 Å². The Kier molecular flexibility index (Phi) is 4.94. The van der Waals surface area contributed by atoms with Crippen LogP contribution in [0, 0.1) is 0 Å². The van der Waals surface area contributed by atoms with E-state index in [0.717, 1.165) is 16.6 Å². The molecule has 2 atom stereocenters.